The summed E-state index contributed by atoms with van der Waals surface area (Å²) in [7, 11) is 1.60. The second kappa shape index (κ2) is 8.16. The van der Waals surface area contributed by atoms with E-state index in [-0.39, 0.29) is 11.7 Å². The zero-order valence-electron chi connectivity index (χ0n) is 17.3. The van der Waals surface area contributed by atoms with Crippen LogP contribution in [0.25, 0.3) is 11.1 Å². The number of aliphatic imine (C=N–C) groups is 1. The van der Waals surface area contributed by atoms with Crippen molar-refractivity contribution >= 4 is 5.96 Å². The van der Waals surface area contributed by atoms with Crippen LogP contribution in [-0.2, 0) is 5.54 Å². The van der Waals surface area contributed by atoms with E-state index in [2.05, 4.69) is 14.7 Å². The van der Waals surface area contributed by atoms with Gasteiger partial charge in [0.2, 0.25) is 0 Å². The van der Waals surface area contributed by atoms with Gasteiger partial charge >= 0.3 is 6.61 Å². The third-order valence-electron chi connectivity index (χ3n) is 5.56. The molecule has 0 saturated heterocycles. The number of ether oxygens (including phenoxy) is 1. The first-order valence-electron chi connectivity index (χ1n) is 9.76. The molecule has 166 valence electrons. The highest BCUT2D eigenvalue weighted by Crippen LogP contribution is 2.44. The minimum atomic E-state index is -2.96. The van der Waals surface area contributed by atoms with Crippen molar-refractivity contribution in [1.29, 1.82) is 0 Å². The number of rotatable bonds is 5. The Hall–Kier alpha value is -3.59. The van der Waals surface area contributed by atoms with Crippen molar-refractivity contribution in [2.75, 3.05) is 7.05 Å². The molecule has 0 bridgehead atoms. The Morgan fingerprint density at radius 2 is 1.84 bits per heavy atom. The average molecular weight is 442 g/mol. The number of pyridine rings is 1. The summed E-state index contributed by atoms with van der Waals surface area (Å²) in [6, 6.07) is 13.1. The number of halogens is 3. The maximum atomic E-state index is 13.7. The van der Waals surface area contributed by atoms with Gasteiger partial charge in [-0.15, -0.1) is 0 Å². The molecule has 2 aromatic carbocycles. The maximum Gasteiger partial charge on any atom is 0.387 e. The number of aromatic nitrogens is 1. The molecule has 0 spiro atoms. The van der Waals surface area contributed by atoms with Crippen LogP contribution in [0.3, 0.4) is 0 Å². The molecule has 0 amide bonds. The molecule has 2 atom stereocenters. The SMILES string of the molecule is Cc1cc(C2(c3cccc(-c4cncc(F)c4)c3)N=C(N)N(C)C2O)ccc1OC(F)F. The molecule has 3 N–H and O–H groups in total. The number of likely N-dealkylation sites (N-methyl/N-ethyl adjacent to an activating group) is 1. The van der Waals surface area contributed by atoms with Gasteiger partial charge in [-0.2, -0.15) is 8.78 Å². The molecule has 0 saturated carbocycles. The van der Waals surface area contributed by atoms with E-state index in [4.69, 9.17) is 5.73 Å². The summed E-state index contributed by atoms with van der Waals surface area (Å²) in [4.78, 5) is 9.92. The molecule has 0 fully saturated rings. The molecule has 3 aromatic rings. The normalized spacial score (nSPS) is 20.5. The monoisotopic (exact) mass is 442 g/mol. The van der Waals surface area contributed by atoms with Gasteiger partial charge in [-0.05, 0) is 53.4 Å². The van der Waals surface area contributed by atoms with E-state index in [1.807, 2.05) is 0 Å². The summed E-state index contributed by atoms with van der Waals surface area (Å²) >= 11 is 0. The zero-order chi connectivity index (χ0) is 23.0. The Labute approximate surface area is 182 Å². The molecular formula is C23H21F3N4O2. The lowest BCUT2D eigenvalue weighted by Gasteiger charge is -2.33. The summed E-state index contributed by atoms with van der Waals surface area (Å²) in [5.41, 5.74) is 7.49. The molecule has 0 radical (unpaired) electrons. The lowest BCUT2D eigenvalue weighted by atomic mass is 9.80. The van der Waals surface area contributed by atoms with Crippen LogP contribution in [-0.4, -0.2) is 40.8 Å². The van der Waals surface area contributed by atoms with Gasteiger partial charge in [0.05, 0.1) is 6.20 Å². The van der Waals surface area contributed by atoms with Crippen LogP contribution in [0.1, 0.15) is 16.7 Å². The van der Waals surface area contributed by atoms with Crippen LogP contribution in [0, 0.1) is 12.7 Å². The van der Waals surface area contributed by atoms with Crippen molar-refractivity contribution in [3.63, 3.8) is 0 Å². The van der Waals surface area contributed by atoms with Crippen LogP contribution in [0.15, 0.2) is 65.9 Å². The van der Waals surface area contributed by atoms with Crippen LogP contribution < -0.4 is 10.5 Å². The van der Waals surface area contributed by atoms with E-state index < -0.39 is 24.2 Å². The van der Waals surface area contributed by atoms with Gasteiger partial charge in [0.15, 0.2) is 17.7 Å². The number of guanidine groups is 1. The van der Waals surface area contributed by atoms with Gasteiger partial charge in [0.25, 0.3) is 0 Å². The lowest BCUT2D eigenvalue weighted by molar-refractivity contribution is -0.0503. The Bertz CT molecular complexity index is 1190. The first-order chi connectivity index (χ1) is 15.2. The van der Waals surface area contributed by atoms with Gasteiger partial charge in [0.1, 0.15) is 11.6 Å². The summed E-state index contributed by atoms with van der Waals surface area (Å²) in [5.74, 6) is -0.340. The van der Waals surface area contributed by atoms with Crippen LogP contribution in [0.2, 0.25) is 0 Å². The molecule has 9 heteroatoms. The summed E-state index contributed by atoms with van der Waals surface area (Å²) in [5, 5.41) is 11.2. The molecule has 4 rings (SSSR count). The van der Waals surface area contributed by atoms with E-state index in [1.165, 1.54) is 23.2 Å². The topological polar surface area (TPSA) is 84.0 Å². The largest absolute Gasteiger partial charge is 0.435 e. The molecule has 32 heavy (non-hydrogen) atoms. The summed E-state index contributed by atoms with van der Waals surface area (Å²) in [6.45, 7) is -1.33. The number of aryl methyl sites for hydroxylation is 1. The quantitative estimate of drug-likeness (QED) is 0.631. The Morgan fingerprint density at radius 3 is 2.47 bits per heavy atom. The van der Waals surface area contributed by atoms with Crippen molar-refractivity contribution in [1.82, 2.24) is 9.88 Å². The summed E-state index contributed by atoms with van der Waals surface area (Å²) in [6.07, 6.45) is 1.47. The second-order valence-corrected chi connectivity index (χ2v) is 7.55. The number of alkyl halides is 2. The summed E-state index contributed by atoms with van der Waals surface area (Å²) < 4.78 is 43.7. The molecular weight excluding hydrogens is 421 g/mol. The fourth-order valence-corrected chi connectivity index (χ4v) is 3.94. The first-order valence-corrected chi connectivity index (χ1v) is 9.76. The number of aliphatic hydroxyl groups excluding tert-OH is 1. The van der Waals surface area contributed by atoms with Crippen molar-refractivity contribution in [3.8, 4) is 16.9 Å². The predicted octanol–water partition coefficient (Wildman–Crippen LogP) is 3.62. The van der Waals surface area contributed by atoms with Crippen LogP contribution in [0.4, 0.5) is 13.2 Å². The number of aliphatic hydroxyl groups is 1. The van der Waals surface area contributed by atoms with Crippen molar-refractivity contribution in [2.24, 2.45) is 10.7 Å². The van der Waals surface area contributed by atoms with Crippen molar-refractivity contribution in [2.45, 2.75) is 25.3 Å². The van der Waals surface area contributed by atoms with Crippen molar-refractivity contribution in [3.05, 3.63) is 83.4 Å². The number of hydrogen-bond donors (Lipinski definition) is 2. The van der Waals surface area contributed by atoms with Crippen LogP contribution in [0.5, 0.6) is 5.75 Å². The minimum absolute atomic E-state index is 0.0243. The Kier molecular flexibility index (Phi) is 5.52. The predicted molar refractivity (Wildman–Crippen MR) is 114 cm³/mol. The van der Waals surface area contributed by atoms with Crippen LogP contribution >= 0.6 is 0 Å². The fourth-order valence-electron chi connectivity index (χ4n) is 3.94. The fraction of sp³-hybridized carbons (Fsp3) is 0.217. The number of benzene rings is 2. The van der Waals surface area contributed by atoms with E-state index in [1.54, 1.807) is 50.4 Å². The Morgan fingerprint density at radius 1 is 1.09 bits per heavy atom. The zero-order valence-corrected chi connectivity index (χ0v) is 17.3. The van der Waals surface area contributed by atoms with Gasteiger partial charge in [-0.25, -0.2) is 9.38 Å². The average Bonchev–Trinajstić information content (AvgIpc) is 3.00. The molecule has 6 nitrogen and oxygen atoms in total. The van der Waals surface area contributed by atoms with Gasteiger partial charge < -0.3 is 20.5 Å². The molecule has 2 unspecified atom stereocenters. The van der Waals surface area contributed by atoms with Gasteiger partial charge in [-0.1, -0.05) is 24.3 Å². The number of nitrogens with two attached hydrogens (primary N) is 1. The number of nitrogens with zero attached hydrogens (tertiary/aromatic N) is 3. The standard InChI is InChI=1S/C23H21F3N4O2/c1-13-8-17(6-7-19(13)32-21(25)26)23(20(31)30(2)22(27)29-23)16-5-3-4-14(9-16)15-10-18(24)12-28-11-15/h3-12,20-21,31H,1-2H3,(H2,27,29). The molecule has 1 aliphatic heterocycles. The van der Waals surface area contributed by atoms with Gasteiger partial charge in [0, 0.05) is 18.8 Å². The molecule has 1 aliphatic rings. The van der Waals surface area contributed by atoms with Gasteiger partial charge in [-0.3, -0.25) is 4.98 Å². The van der Waals surface area contributed by atoms with Crippen molar-refractivity contribution < 1.29 is 23.0 Å². The molecule has 2 heterocycles. The molecule has 0 aliphatic carbocycles. The van der Waals surface area contributed by atoms with E-state index in [9.17, 15) is 18.3 Å². The smallest absolute Gasteiger partial charge is 0.387 e. The maximum absolute atomic E-state index is 13.7. The Balaban J connectivity index is 1.89. The third kappa shape index (κ3) is 3.64. The highest BCUT2D eigenvalue weighted by molar-refractivity contribution is 5.82. The minimum Gasteiger partial charge on any atom is -0.435 e. The van der Waals surface area contributed by atoms with E-state index in [0.29, 0.717) is 27.8 Å². The molecule has 1 aromatic heterocycles. The first kappa shape index (κ1) is 21.6. The highest BCUT2D eigenvalue weighted by Gasteiger charge is 2.49. The van der Waals surface area contributed by atoms with E-state index in [0.717, 1.165) is 6.20 Å². The van der Waals surface area contributed by atoms with E-state index >= 15 is 0 Å². The highest BCUT2D eigenvalue weighted by atomic mass is 19.3. The lowest BCUT2D eigenvalue weighted by Crippen LogP contribution is -2.45. The second-order valence-electron chi connectivity index (χ2n) is 7.55. The number of hydrogen-bond acceptors (Lipinski definition) is 6. The third-order valence-corrected chi connectivity index (χ3v) is 5.56.